The maximum absolute atomic E-state index is 12.2. The first-order valence-corrected chi connectivity index (χ1v) is 9.29. The minimum atomic E-state index is 0.0113. The highest BCUT2D eigenvalue weighted by Gasteiger charge is 2.27. The Kier molecular flexibility index (Phi) is 4.41. The van der Waals surface area contributed by atoms with Crippen LogP contribution in [-0.4, -0.2) is 28.1 Å². The summed E-state index contributed by atoms with van der Waals surface area (Å²) >= 11 is 0. The van der Waals surface area contributed by atoms with Crippen LogP contribution < -0.4 is 10.6 Å². The summed E-state index contributed by atoms with van der Waals surface area (Å²) in [7, 11) is 0. The van der Waals surface area contributed by atoms with Gasteiger partial charge in [-0.1, -0.05) is 31.4 Å². The molecule has 128 valence electrons. The lowest BCUT2D eigenvalue weighted by atomic mass is 9.85. The van der Waals surface area contributed by atoms with E-state index in [4.69, 9.17) is 4.98 Å². The van der Waals surface area contributed by atoms with Crippen molar-refractivity contribution in [3.05, 3.63) is 30.1 Å². The van der Waals surface area contributed by atoms with Crippen LogP contribution in [0.1, 0.15) is 63.1 Å². The smallest absolute Gasteiger partial charge is 0.315 e. The number of benzene rings is 1. The molecule has 2 aliphatic carbocycles. The van der Waals surface area contributed by atoms with E-state index in [0.717, 1.165) is 55.4 Å². The number of aromatic nitrogens is 2. The Morgan fingerprint density at radius 1 is 1.00 bits per heavy atom. The van der Waals surface area contributed by atoms with Crippen LogP contribution in [0.4, 0.5) is 4.79 Å². The van der Waals surface area contributed by atoms with Crippen LogP contribution >= 0.6 is 0 Å². The molecule has 2 atom stereocenters. The topological polar surface area (TPSA) is 69.8 Å². The quantitative estimate of drug-likeness (QED) is 0.802. The Balaban J connectivity index is 1.37. The molecule has 0 radical (unpaired) electrons. The van der Waals surface area contributed by atoms with Crippen molar-refractivity contribution in [3.63, 3.8) is 0 Å². The number of H-pyrrole nitrogens is 1. The van der Waals surface area contributed by atoms with E-state index in [0.29, 0.717) is 12.0 Å². The third-order valence-corrected chi connectivity index (χ3v) is 5.49. The molecule has 1 aromatic heterocycles. The number of nitrogens with one attached hydrogen (secondary N) is 3. The summed E-state index contributed by atoms with van der Waals surface area (Å²) in [5.74, 6) is 1.47. The molecule has 2 amide bonds. The highest BCUT2D eigenvalue weighted by Crippen LogP contribution is 2.32. The van der Waals surface area contributed by atoms with Gasteiger partial charge in [0.2, 0.25) is 0 Å². The highest BCUT2D eigenvalue weighted by atomic mass is 16.2. The van der Waals surface area contributed by atoms with Crippen molar-refractivity contribution in [1.82, 2.24) is 20.6 Å². The van der Waals surface area contributed by atoms with Crippen LogP contribution in [0.2, 0.25) is 0 Å². The van der Waals surface area contributed by atoms with Crippen LogP contribution in [0.3, 0.4) is 0 Å². The maximum Gasteiger partial charge on any atom is 0.315 e. The highest BCUT2D eigenvalue weighted by molar-refractivity contribution is 5.75. The number of carbonyl (C=O) groups excluding carboxylic acids is 1. The number of nitrogens with zero attached hydrogens (tertiary/aromatic N) is 1. The molecule has 3 N–H and O–H groups in total. The summed E-state index contributed by atoms with van der Waals surface area (Å²) in [4.78, 5) is 20.4. The molecule has 0 spiro atoms. The Morgan fingerprint density at radius 2 is 1.75 bits per heavy atom. The predicted octanol–water partition coefficient (Wildman–Crippen LogP) is 3.83. The van der Waals surface area contributed by atoms with E-state index in [-0.39, 0.29) is 12.1 Å². The Labute approximate surface area is 142 Å². The number of hydrogen-bond donors (Lipinski definition) is 3. The van der Waals surface area contributed by atoms with Crippen LogP contribution in [0.25, 0.3) is 11.0 Å². The van der Waals surface area contributed by atoms with Crippen molar-refractivity contribution >= 4 is 17.1 Å². The van der Waals surface area contributed by atoms with Gasteiger partial charge >= 0.3 is 6.03 Å². The minimum Gasteiger partial charge on any atom is -0.342 e. The molecule has 2 fully saturated rings. The summed E-state index contributed by atoms with van der Waals surface area (Å²) in [5.41, 5.74) is 2.13. The SMILES string of the molecule is O=C(NC1CCCC1)NC1CCCC(c2nc3ccccc3[nH]2)C1. The number of imidazole rings is 1. The van der Waals surface area contributed by atoms with Gasteiger partial charge in [-0.3, -0.25) is 0 Å². The molecule has 24 heavy (non-hydrogen) atoms. The number of amides is 2. The van der Waals surface area contributed by atoms with Crippen molar-refractivity contribution in [1.29, 1.82) is 0 Å². The normalized spacial score (nSPS) is 25.0. The maximum atomic E-state index is 12.2. The average molecular weight is 326 g/mol. The van der Waals surface area contributed by atoms with Crippen molar-refractivity contribution in [2.45, 2.75) is 69.4 Å². The summed E-state index contributed by atoms with van der Waals surface area (Å²) in [6, 6.07) is 8.80. The van der Waals surface area contributed by atoms with Crippen LogP contribution in [0.15, 0.2) is 24.3 Å². The molecule has 0 aliphatic heterocycles. The number of fused-ring (bicyclic) bond motifs is 1. The van der Waals surface area contributed by atoms with Gasteiger partial charge in [-0.15, -0.1) is 0 Å². The van der Waals surface area contributed by atoms with Crippen molar-refractivity contribution in [3.8, 4) is 0 Å². The van der Waals surface area contributed by atoms with E-state index < -0.39 is 0 Å². The van der Waals surface area contributed by atoms with Gasteiger partial charge in [-0.2, -0.15) is 0 Å². The zero-order valence-electron chi connectivity index (χ0n) is 14.1. The van der Waals surface area contributed by atoms with E-state index in [1.54, 1.807) is 0 Å². The molecule has 2 saturated carbocycles. The Bertz CT molecular complexity index is 671. The van der Waals surface area contributed by atoms with Crippen LogP contribution in [0, 0.1) is 0 Å². The molecule has 0 bridgehead atoms. The minimum absolute atomic E-state index is 0.0113. The van der Waals surface area contributed by atoms with Gasteiger partial charge in [-0.25, -0.2) is 9.78 Å². The van der Waals surface area contributed by atoms with Gasteiger partial charge < -0.3 is 15.6 Å². The van der Waals surface area contributed by atoms with Gasteiger partial charge in [0, 0.05) is 18.0 Å². The zero-order valence-corrected chi connectivity index (χ0v) is 14.1. The fraction of sp³-hybridized carbons (Fsp3) is 0.579. The molecule has 2 unspecified atom stereocenters. The fourth-order valence-corrected chi connectivity index (χ4v) is 4.22. The second-order valence-corrected chi connectivity index (χ2v) is 7.30. The molecule has 2 aromatic rings. The third-order valence-electron chi connectivity index (χ3n) is 5.49. The fourth-order valence-electron chi connectivity index (χ4n) is 4.22. The standard InChI is InChI=1S/C19H26N4O/c24-19(20-14-7-1-2-8-14)21-15-9-5-6-13(12-15)18-22-16-10-3-4-11-17(16)23-18/h3-4,10-11,13-15H,1-2,5-9,12H2,(H,22,23)(H2,20,21,24). The molecule has 5 heteroatoms. The van der Waals surface area contributed by atoms with Gasteiger partial charge in [0.15, 0.2) is 0 Å². The number of carbonyl (C=O) groups is 1. The molecular weight excluding hydrogens is 300 g/mol. The Morgan fingerprint density at radius 3 is 2.58 bits per heavy atom. The number of hydrogen-bond acceptors (Lipinski definition) is 2. The van der Waals surface area contributed by atoms with Crippen LogP contribution in [-0.2, 0) is 0 Å². The number of aromatic amines is 1. The lowest BCUT2D eigenvalue weighted by Crippen LogP contribution is -2.46. The van der Waals surface area contributed by atoms with Crippen molar-refractivity contribution in [2.24, 2.45) is 0 Å². The van der Waals surface area contributed by atoms with Crippen molar-refractivity contribution < 1.29 is 4.79 Å². The second kappa shape index (κ2) is 6.83. The summed E-state index contributed by atoms with van der Waals surface area (Å²) < 4.78 is 0. The average Bonchev–Trinajstić information content (AvgIpc) is 3.24. The largest absolute Gasteiger partial charge is 0.342 e. The number of rotatable bonds is 3. The summed E-state index contributed by atoms with van der Waals surface area (Å²) in [6.45, 7) is 0. The zero-order chi connectivity index (χ0) is 16.4. The number of urea groups is 1. The summed E-state index contributed by atoms with van der Waals surface area (Å²) in [6.07, 6.45) is 9.04. The van der Waals surface area contributed by atoms with E-state index in [1.807, 2.05) is 18.2 Å². The lowest BCUT2D eigenvalue weighted by molar-refractivity contribution is 0.226. The van der Waals surface area contributed by atoms with E-state index in [9.17, 15) is 4.79 Å². The van der Waals surface area contributed by atoms with E-state index in [1.165, 1.54) is 12.8 Å². The first-order chi connectivity index (χ1) is 11.8. The molecule has 4 rings (SSSR count). The van der Waals surface area contributed by atoms with E-state index in [2.05, 4.69) is 21.7 Å². The van der Waals surface area contributed by atoms with Crippen molar-refractivity contribution in [2.75, 3.05) is 0 Å². The first kappa shape index (κ1) is 15.5. The van der Waals surface area contributed by atoms with Gasteiger partial charge in [0.25, 0.3) is 0 Å². The predicted molar refractivity (Wildman–Crippen MR) is 95.0 cm³/mol. The molecule has 2 aliphatic rings. The van der Waals surface area contributed by atoms with Gasteiger partial charge in [0.05, 0.1) is 11.0 Å². The van der Waals surface area contributed by atoms with Gasteiger partial charge in [0.1, 0.15) is 5.82 Å². The monoisotopic (exact) mass is 326 g/mol. The second-order valence-electron chi connectivity index (χ2n) is 7.30. The van der Waals surface area contributed by atoms with E-state index >= 15 is 0 Å². The number of para-hydroxylation sites is 2. The third kappa shape index (κ3) is 3.40. The molecular formula is C19H26N4O. The molecule has 1 heterocycles. The molecule has 0 saturated heterocycles. The Hall–Kier alpha value is -2.04. The summed E-state index contributed by atoms with van der Waals surface area (Å²) in [5, 5.41) is 6.32. The molecule has 5 nitrogen and oxygen atoms in total. The lowest BCUT2D eigenvalue weighted by Gasteiger charge is -2.29. The molecule has 1 aromatic carbocycles. The van der Waals surface area contributed by atoms with Crippen LogP contribution in [0.5, 0.6) is 0 Å². The first-order valence-electron chi connectivity index (χ1n) is 9.29. The van der Waals surface area contributed by atoms with Gasteiger partial charge in [-0.05, 0) is 44.2 Å².